The van der Waals surface area contributed by atoms with Gasteiger partial charge in [0.15, 0.2) is 0 Å². The number of phosphoric ester groups is 1. The normalized spacial score (nSPS) is 13.7. The van der Waals surface area contributed by atoms with Gasteiger partial charge in [0.25, 0.3) is 0 Å². The second-order valence-corrected chi connectivity index (χ2v) is 18.3. The van der Waals surface area contributed by atoms with E-state index in [4.69, 9.17) is 18.5 Å². The van der Waals surface area contributed by atoms with Crippen LogP contribution in [0.25, 0.3) is 0 Å². The molecule has 53 heavy (non-hydrogen) atoms. The minimum atomic E-state index is -4.26. The number of quaternary nitrogens is 1. The predicted molar refractivity (Wildman–Crippen MR) is 224 cm³/mol. The Balaban J connectivity index is 4.07. The fraction of sp³-hybridized carbons (Fsp3) is 0.977. The Morgan fingerprint density at radius 1 is 0.509 bits per heavy atom. The van der Waals surface area contributed by atoms with Crippen LogP contribution in [0.15, 0.2) is 0 Å². The number of hydrogen-bond acceptors (Lipinski definition) is 6. The van der Waals surface area contributed by atoms with Crippen LogP contribution >= 0.6 is 7.82 Å². The number of rotatable bonds is 43. The Morgan fingerprint density at radius 2 is 0.868 bits per heavy atom. The number of esters is 1. The van der Waals surface area contributed by atoms with E-state index in [1.807, 2.05) is 21.1 Å². The van der Waals surface area contributed by atoms with Crippen molar-refractivity contribution in [2.24, 2.45) is 0 Å². The van der Waals surface area contributed by atoms with Crippen LogP contribution in [0.2, 0.25) is 0 Å². The van der Waals surface area contributed by atoms with Gasteiger partial charge >= 0.3 is 13.8 Å². The third-order valence-electron chi connectivity index (χ3n) is 10.2. The molecule has 0 aromatic carbocycles. The summed E-state index contributed by atoms with van der Waals surface area (Å²) in [5.41, 5.74) is 0. The van der Waals surface area contributed by atoms with E-state index in [-0.39, 0.29) is 25.8 Å². The molecule has 1 N–H and O–H groups in total. The van der Waals surface area contributed by atoms with Gasteiger partial charge in [0.1, 0.15) is 19.3 Å². The zero-order valence-corrected chi connectivity index (χ0v) is 36.9. The Bertz CT molecular complexity index is 822. The first kappa shape index (κ1) is 52.5. The number of nitrogens with zero attached hydrogens (tertiary/aromatic N) is 1. The summed E-state index contributed by atoms with van der Waals surface area (Å²) >= 11 is 0. The Kier molecular flexibility index (Phi) is 38.0. The third kappa shape index (κ3) is 42.5. The predicted octanol–water partition coefficient (Wildman–Crippen LogP) is 13.3. The van der Waals surface area contributed by atoms with Crippen LogP contribution in [-0.2, 0) is 27.9 Å². The lowest BCUT2D eigenvalue weighted by atomic mass is 10.0. The van der Waals surface area contributed by atoms with Crippen molar-refractivity contribution in [1.29, 1.82) is 0 Å². The van der Waals surface area contributed by atoms with Crippen LogP contribution in [0.5, 0.6) is 0 Å². The highest BCUT2D eigenvalue weighted by Crippen LogP contribution is 2.43. The number of phosphoric acid groups is 1. The Hall–Kier alpha value is -0.500. The van der Waals surface area contributed by atoms with E-state index in [0.717, 1.165) is 32.1 Å². The van der Waals surface area contributed by atoms with Gasteiger partial charge in [-0.2, -0.15) is 0 Å². The summed E-state index contributed by atoms with van der Waals surface area (Å²) in [6, 6.07) is 0. The topological polar surface area (TPSA) is 91.3 Å². The summed E-state index contributed by atoms with van der Waals surface area (Å²) in [4.78, 5) is 22.9. The summed E-state index contributed by atoms with van der Waals surface area (Å²) in [6.45, 7) is 5.67. The van der Waals surface area contributed by atoms with Crippen molar-refractivity contribution in [1.82, 2.24) is 0 Å². The van der Waals surface area contributed by atoms with Gasteiger partial charge < -0.3 is 18.9 Å². The van der Waals surface area contributed by atoms with Crippen LogP contribution in [0, 0.1) is 0 Å². The maximum absolute atomic E-state index is 12.7. The maximum atomic E-state index is 12.7. The molecule has 0 radical (unpaired) electrons. The molecule has 9 heteroatoms. The van der Waals surface area contributed by atoms with Crippen LogP contribution in [0.4, 0.5) is 0 Å². The van der Waals surface area contributed by atoms with E-state index < -0.39 is 13.9 Å². The van der Waals surface area contributed by atoms with Crippen molar-refractivity contribution in [3.63, 3.8) is 0 Å². The average molecular weight is 777 g/mol. The van der Waals surface area contributed by atoms with Gasteiger partial charge in [0.05, 0.1) is 34.4 Å². The highest BCUT2D eigenvalue weighted by Gasteiger charge is 2.26. The zero-order chi connectivity index (χ0) is 39.1. The first-order chi connectivity index (χ1) is 25.6. The van der Waals surface area contributed by atoms with E-state index in [2.05, 4.69) is 13.8 Å². The van der Waals surface area contributed by atoms with Crippen LogP contribution < -0.4 is 0 Å². The number of carbonyl (C=O) groups excluding carboxylic acids is 1. The molecule has 0 fully saturated rings. The molecular weight excluding hydrogens is 685 g/mol. The molecule has 0 saturated heterocycles. The molecule has 0 aromatic heterocycles. The molecule has 0 spiro atoms. The minimum absolute atomic E-state index is 0.0937. The zero-order valence-electron chi connectivity index (χ0n) is 36.0. The Morgan fingerprint density at radius 3 is 1.25 bits per heavy atom. The molecule has 0 aromatic rings. The molecule has 0 heterocycles. The number of likely N-dealkylation sites (N-methyl/N-ethyl adjacent to an activating group) is 1. The average Bonchev–Trinajstić information content (AvgIpc) is 3.11. The second-order valence-electron chi connectivity index (χ2n) is 16.8. The number of carbonyl (C=O) groups is 1. The maximum Gasteiger partial charge on any atom is 0.472 e. The highest BCUT2D eigenvalue weighted by molar-refractivity contribution is 7.47. The number of ether oxygens (including phenoxy) is 2. The van der Waals surface area contributed by atoms with Gasteiger partial charge in [-0.25, -0.2) is 4.57 Å². The van der Waals surface area contributed by atoms with Crippen molar-refractivity contribution in [2.75, 3.05) is 54.1 Å². The van der Waals surface area contributed by atoms with Crippen molar-refractivity contribution < 1.29 is 37.3 Å². The lowest BCUT2D eigenvalue weighted by molar-refractivity contribution is -0.870. The Labute approximate surface area is 329 Å². The van der Waals surface area contributed by atoms with Gasteiger partial charge in [0.2, 0.25) is 0 Å². The molecule has 0 aliphatic heterocycles. The lowest BCUT2D eigenvalue weighted by Crippen LogP contribution is -2.37. The third-order valence-corrected chi connectivity index (χ3v) is 11.2. The van der Waals surface area contributed by atoms with Crippen LogP contribution in [-0.4, -0.2) is 75.6 Å². The smallest absolute Gasteiger partial charge is 0.457 e. The summed E-state index contributed by atoms with van der Waals surface area (Å²) in [5.74, 6) is -0.308. The molecule has 0 amide bonds. The van der Waals surface area contributed by atoms with Crippen molar-refractivity contribution in [3.05, 3.63) is 0 Å². The number of unbranched alkanes of at least 4 members (excludes halogenated alkanes) is 29. The SMILES string of the molecule is CCCCCCCCCCCCCCCCCCCCCCCC(=O)OC(COCCCCCCCCCCCC)COP(=O)(O)OCC[N+](C)(C)C. The van der Waals surface area contributed by atoms with E-state index >= 15 is 0 Å². The molecule has 0 rings (SSSR count). The first-order valence-electron chi connectivity index (χ1n) is 22.8. The first-order valence-corrected chi connectivity index (χ1v) is 24.3. The summed E-state index contributed by atoms with van der Waals surface area (Å²) in [5, 5.41) is 0. The van der Waals surface area contributed by atoms with Crippen molar-refractivity contribution in [2.45, 2.75) is 225 Å². The fourth-order valence-corrected chi connectivity index (χ4v) is 7.35. The molecule has 8 nitrogen and oxygen atoms in total. The fourth-order valence-electron chi connectivity index (χ4n) is 6.61. The van der Waals surface area contributed by atoms with Crippen LogP contribution in [0.1, 0.15) is 219 Å². The van der Waals surface area contributed by atoms with Gasteiger partial charge in [-0.3, -0.25) is 13.8 Å². The number of hydrogen-bond donors (Lipinski definition) is 1. The van der Waals surface area contributed by atoms with Gasteiger partial charge in [-0.05, 0) is 12.8 Å². The molecule has 318 valence electrons. The lowest BCUT2D eigenvalue weighted by Gasteiger charge is -2.24. The van der Waals surface area contributed by atoms with E-state index in [1.165, 1.54) is 167 Å². The summed E-state index contributed by atoms with van der Waals surface area (Å²) in [6.07, 6.45) is 39.9. The van der Waals surface area contributed by atoms with Gasteiger partial charge in [-0.1, -0.05) is 200 Å². The molecule has 0 saturated carbocycles. The summed E-state index contributed by atoms with van der Waals surface area (Å²) in [7, 11) is 1.68. The largest absolute Gasteiger partial charge is 0.472 e. The van der Waals surface area contributed by atoms with Crippen LogP contribution in [0.3, 0.4) is 0 Å². The minimum Gasteiger partial charge on any atom is -0.457 e. The van der Waals surface area contributed by atoms with Crippen molar-refractivity contribution in [3.8, 4) is 0 Å². The van der Waals surface area contributed by atoms with E-state index in [0.29, 0.717) is 24.1 Å². The standard InChI is InChI=1S/C44H90NO7P/c1-6-8-10-12-14-16-18-19-20-21-22-23-24-25-26-27-28-29-31-33-35-37-44(46)52-43(42-51-53(47,48)50-40-38-45(3,4)5)41-49-39-36-34-32-30-17-15-13-11-9-7-2/h43H,6-42H2,1-5H3/p+1. The van der Waals surface area contributed by atoms with Gasteiger partial charge in [-0.15, -0.1) is 0 Å². The van der Waals surface area contributed by atoms with Gasteiger partial charge in [0, 0.05) is 13.0 Å². The molecular formula is C44H91NO7P+. The second kappa shape index (κ2) is 38.4. The molecule has 0 aliphatic rings. The quantitative estimate of drug-likeness (QED) is 0.0285. The molecule has 0 aliphatic carbocycles. The van der Waals surface area contributed by atoms with E-state index in [9.17, 15) is 14.3 Å². The molecule has 0 bridgehead atoms. The summed E-state index contributed by atoms with van der Waals surface area (Å²) < 4.78 is 35.0. The molecule has 2 unspecified atom stereocenters. The molecule has 2 atom stereocenters. The van der Waals surface area contributed by atoms with E-state index in [1.54, 1.807) is 0 Å². The monoisotopic (exact) mass is 777 g/mol. The highest BCUT2D eigenvalue weighted by atomic mass is 31.2. The van der Waals surface area contributed by atoms with Crippen molar-refractivity contribution >= 4 is 13.8 Å².